The number of anilines is 1. The number of aryl methyl sites for hydroxylation is 1. The fourth-order valence-electron chi connectivity index (χ4n) is 3.90. The standard InChI is InChI=1S/C24H27Cl2N3O2/c1-6-29-21-9-15(2)17(10-19(21)16(3)12-24(29,4)5)13-27-28-23(30)14-31-22-8-7-18(25)11-20(22)26/h7-13H,6,14H2,1-5H3,(H,28,30)/b27-13-. The molecule has 2 aromatic carbocycles. The number of amides is 1. The van der Waals surface area contributed by atoms with Gasteiger partial charge in [0.1, 0.15) is 5.75 Å². The lowest BCUT2D eigenvalue weighted by molar-refractivity contribution is -0.123. The quantitative estimate of drug-likeness (QED) is 0.435. The van der Waals surface area contributed by atoms with Gasteiger partial charge in [0.15, 0.2) is 6.61 Å². The molecule has 1 heterocycles. The van der Waals surface area contributed by atoms with Crippen molar-refractivity contribution in [2.75, 3.05) is 18.1 Å². The first-order valence-corrected chi connectivity index (χ1v) is 10.9. The predicted octanol–water partition coefficient (Wildman–Crippen LogP) is 5.85. The van der Waals surface area contributed by atoms with Crippen LogP contribution in [-0.2, 0) is 4.79 Å². The molecule has 1 aliphatic rings. The highest BCUT2D eigenvalue weighted by atomic mass is 35.5. The van der Waals surface area contributed by atoms with Crippen molar-refractivity contribution in [3.63, 3.8) is 0 Å². The lowest BCUT2D eigenvalue weighted by atomic mass is 9.87. The van der Waals surface area contributed by atoms with Gasteiger partial charge in [0, 0.05) is 22.8 Å². The van der Waals surface area contributed by atoms with E-state index in [-0.39, 0.29) is 18.1 Å². The molecule has 0 unspecified atom stereocenters. The molecule has 0 saturated heterocycles. The Kier molecular flexibility index (Phi) is 6.97. The third kappa shape index (κ3) is 5.23. The maximum atomic E-state index is 12.1. The minimum atomic E-state index is -0.382. The first-order valence-electron chi connectivity index (χ1n) is 10.1. The zero-order valence-corrected chi connectivity index (χ0v) is 19.9. The van der Waals surface area contributed by atoms with E-state index in [4.69, 9.17) is 27.9 Å². The van der Waals surface area contributed by atoms with Gasteiger partial charge in [-0.15, -0.1) is 0 Å². The number of fused-ring (bicyclic) bond motifs is 1. The van der Waals surface area contributed by atoms with Crippen LogP contribution in [0.3, 0.4) is 0 Å². The number of nitrogens with one attached hydrogen (secondary N) is 1. The summed E-state index contributed by atoms with van der Waals surface area (Å²) in [5.41, 5.74) is 8.13. The highest BCUT2D eigenvalue weighted by Crippen LogP contribution is 2.39. The number of rotatable bonds is 6. The number of carbonyl (C=O) groups is 1. The molecule has 31 heavy (non-hydrogen) atoms. The van der Waals surface area contributed by atoms with Gasteiger partial charge < -0.3 is 9.64 Å². The second kappa shape index (κ2) is 9.33. The van der Waals surface area contributed by atoms with E-state index >= 15 is 0 Å². The molecule has 1 amide bonds. The molecular formula is C24H27Cl2N3O2. The molecule has 0 bridgehead atoms. The van der Waals surface area contributed by atoms with Crippen LogP contribution in [0.4, 0.5) is 5.69 Å². The van der Waals surface area contributed by atoms with Gasteiger partial charge >= 0.3 is 0 Å². The van der Waals surface area contributed by atoms with Crippen molar-refractivity contribution in [1.82, 2.24) is 5.43 Å². The Balaban J connectivity index is 1.69. The number of allylic oxidation sites excluding steroid dienone is 1. The van der Waals surface area contributed by atoms with Crippen LogP contribution in [0.1, 0.15) is 44.4 Å². The van der Waals surface area contributed by atoms with Gasteiger partial charge in [0.05, 0.1) is 16.8 Å². The monoisotopic (exact) mass is 459 g/mol. The summed E-state index contributed by atoms with van der Waals surface area (Å²) in [4.78, 5) is 14.5. The summed E-state index contributed by atoms with van der Waals surface area (Å²) >= 11 is 11.9. The van der Waals surface area contributed by atoms with Crippen LogP contribution < -0.4 is 15.1 Å². The zero-order valence-electron chi connectivity index (χ0n) is 18.4. The number of halogens is 2. The number of hydrogen-bond donors (Lipinski definition) is 1. The molecule has 2 aromatic rings. The molecule has 3 rings (SSSR count). The van der Waals surface area contributed by atoms with Crippen LogP contribution in [0.25, 0.3) is 5.57 Å². The summed E-state index contributed by atoms with van der Waals surface area (Å²) in [5, 5.41) is 4.95. The van der Waals surface area contributed by atoms with Crippen LogP contribution in [0, 0.1) is 6.92 Å². The highest BCUT2D eigenvalue weighted by Gasteiger charge is 2.30. The fourth-order valence-corrected chi connectivity index (χ4v) is 4.37. The van der Waals surface area contributed by atoms with E-state index in [1.807, 2.05) is 6.92 Å². The van der Waals surface area contributed by atoms with Crippen molar-refractivity contribution in [2.45, 2.75) is 40.2 Å². The number of hydrogen-bond acceptors (Lipinski definition) is 4. The van der Waals surface area contributed by atoms with Gasteiger partial charge in [0.2, 0.25) is 0 Å². The Morgan fingerprint density at radius 1 is 1.23 bits per heavy atom. The van der Waals surface area contributed by atoms with Crippen LogP contribution in [-0.4, -0.2) is 30.8 Å². The SMILES string of the molecule is CCN1c2cc(C)c(/C=N\NC(=O)COc3ccc(Cl)cc3Cl)cc2C(C)=CC1(C)C. The van der Waals surface area contributed by atoms with E-state index in [2.05, 4.69) is 61.3 Å². The van der Waals surface area contributed by atoms with Crippen molar-refractivity contribution in [3.05, 3.63) is 63.1 Å². The van der Waals surface area contributed by atoms with Crippen LogP contribution >= 0.6 is 23.2 Å². The lowest BCUT2D eigenvalue weighted by Crippen LogP contribution is -2.45. The Labute approximate surface area is 193 Å². The maximum absolute atomic E-state index is 12.1. The average molecular weight is 460 g/mol. The van der Waals surface area contributed by atoms with E-state index < -0.39 is 0 Å². The molecule has 1 N–H and O–H groups in total. The zero-order chi connectivity index (χ0) is 22.8. The number of carbonyl (C=O) groups excluding carboxylic acids is 1. The molecular weight excluding hydrogens is 433 g/mol. The molecule has 0 saturated carbocycles. The van der Waals surface area contributed by atoms with E-state index in [1.54, 1.807) is 24.4 Å². The number of ether oxygens (including phenoxy) is 1. The normalized spacial score (nSPS) is 14.9. The van der Waals surface area contributed by atoms with E-state index in [1.165, 1.54) is 16.8 Å². The molecule has 0 atom stereocenters. The molecule has 0 spiro atoms. The van der Waals surface area contributed by atoms with Gasteiger partial charge in [-0.3, -0.25) is 4.79 Å². The van der Waals surface area contributed by atoms with Gasteiger partial charge in [-0.05, 0) is 81.7 Å². The topological polar surface area (TPSA) is 53.9 Å². The molecule has 5 nitrogen and oxygen atoms in total. The van der Waals surface area contributed by atoms with Gasteiger partial charge in [-0.2, -0.15) is 5.10 Å². The summed E-state index contributed by atoms with van der Waals surface area (Å²) in [7, 11) is 0. The second-order valence-corrected chi connectivity index (χ2v) is 8.95. The minimum absolute atomic E-state index is 0.0329. The summed E-state index contributed by atoms with van der Waals surface area (Å²) in [6.07, 6.45) is 3.95. The Morgan fingerprint density at radius 3 is 2.65 bits per heavy atom. The third-order valence-electron chi connectivity index (χ3n) is 5.33. The van der Waals surface area contributed by atoms with E-state index in [9.17, 15) is 4.79 Å². The Hall–Kier alpha value is -2.50. The van der Waals surface area contributed by atoms with Crippen molar-refractivity contribution < 1.29 is 9.53 Å². The number of hydrazone groups is 1. The molecule has 164 valence electrons. The third-order valence-corrected chi connectivity index (χ3v) is 5.86. The smallest absolute Gasteiger partial charge is 0.277 e. The van der Waals surface area contributed by atoms with Crippen LogP contribution in [0.5, 0.6) is 5.75 Å². The minimum Gasteiger partial charge on any atom is -0.482 e. The Morgan fingerprint density at radius 2 is 1.97 bits per heavy atom. The largest absolute Gasteiger partial charge is 0.482 e. The van der Waals surface area contributed by atoms with Gasteiger partial charge in [0.25, 0.3) is 5.91 Å². The van der Waals surface area contributed by atoms with Crippen molar-refractivity contribution >= 4 is 46.6 Å². The number of likely N-dealkylation sites (N-methyl/N-ethyl adjacent to an activating group) is 1. The first kappa shape index (κ1) is 23.2. The summed E-state index contributed by atoms with van der Waals surface area (Å²) < 4.78 is 5.42. The van der Waals surface area contributed by atoms with Gasteiger partial charge in [-0.25, -0.2) is 5.43 Å². The summed E-state index contributed by atoms with van der Waals surface area (Å²) in [6.45, 7) is 11.5. The lowest BCUT2D eigenvalue weighted by Gasteiger charge is -2.43. The molecule has 7 heteroatoms. The van der Waals surface area contributed by atoms with Gasteiger partial charge in [-0.1, -0.05) is 29.3 Å². The predicted molar refractivity (Wildman–Crippen MR) is 130 cm³/mol. The second-order valence-electron chi connectivity index (χ2n) is 8.11. The van der Waals surface area contributed by atoms with Crippen molar-refractivity contribution in [3.8, 4) is 5.75 Å². The maximum Gasteiger partial charge on any atom is 0.277 e. The van der Waals surface area contributed by atoms with Crippen molar-refractivity contribution in [1.29, 1.82) is 0 Å². The van der Waals surface area contributed by atoms with E-state index in [0.717, 1.165) is 17.7 Å². The van der Waals surface area contributed by atoms with E-state index in [0.29, 0.717) is 15.8 Å². The number of benzene rings is 2. The molecule has 0 radical (unpaired) electrons. The molecule has 1 aliphatic heterocycles. The van der Waals surface area contributed by atoms with Crippen molar-refractivity contribution in [2.24, 2.45) is 5.10 Å². The molecule has 0 fully saturated rings. The van der Waals surface area contributed by atoms with Crippen LogP contribution in [0.2, 0.25) is 10.0 Å². The summed E-state index contributed by atoms with van der Waals surface area (Å²) in [5.74, 6) is 0.00857. The number of nitrogens with zero attached hydrogens (tertiary/aromatic N) is 2. The fraction of sp³-hybridized carbons (Fsp3) is 0.333. The highest BCUT2D eigenvalue weighted by molar-refractivity contribution is 6.35. The average Bonchev–Trinajstić information content (AvgIpc) is 2.68. The Bertz CT molecular complexity index is 1060. The molecule has 0 aliphatic carbocycles. The van der Waals surface area contributed by atoms with Crippen LogP contribution in [0.15, 0.2) is 41.5 Å². The first-order chi connectivity index (χ1) is 14.6. The summed E-state index contributed by atoms with van der Waals surface area (Å²) in [6, 6.07) is 9.13. The molecule has 0 aromatic heterocycles.